The van der Waals surface area contributed by atoms with Crippen LogP contribution in [0.4, 0.5) is 0 Å². The minimum absolute atomic E-state index is 0.125. The van der Waals surface area contributed by atoms with Crippen molar-refractivity contribution in [3.8, 4) is 5.75 Å². The minimum atomic E-state index is -0.362. The molecule has 0 N–H and O–H groups in total. The van der Waals surface area contributed by atoms with Crippen molar-refractivity contribution in [2.24, 2.45) is 0 Å². The third-order valence-electron chi connectivity index (χ3n) is 3.97. The summed E-state index contributed by atoms with van der Waals surface area (Å²) in [7, 11) is 0. The van der Waals surface area contributed by atoms with E-state index in [-0.39, 0.29) is 24.1 Å². The molecule has 0 amide bonds. The number of carbonyl (C=O) groups excluding carboxylic acids is 2. The van der Waals surface area contributed by atoms with Gasteiger partial charge in [-0.25, -0.2) is 9.59 Å². The summed E-state index contributed by atoms with van der Waals surface area (Å²) in [6.07, 6.45) is 4.12. The summed E-state index contributed by atoms with van der Waals surface area (Å²) in [5, 5.41) is 0. The second-order valence-corrected chi connectivity index (χ2v) is 6.11. The second kappa shape index (κ2) is 9.06. The minimum Gasteiger partial charge on any atom is -0.490 e. The maximum Gasteiger partial charge on any atom is 0.338 e. The van der Waals surface area contributed by atoms with E-state index >= 15 is 0 Å². The first-order valence-electron chi connectivity index (χ1n) is 8.41. The van der Waals surface area contributed by atoms with Crippen LogP contribution in [0.25, 0.3) is 0 Å². The highest BCUT2D eigenvalue weighted by Crippen LogP contribution is 2.25. The largest absolute Gasteiger partial charge is 0.490 e. The molecule has 1 aromatic carbocycles. The van der Waals surface area contributed by atoms with Crippen LogP contribution in [0.3, 0.4) is 0 Å². The van der Waals surface area contributed by atoms with Gasteiger partial charge in [-0.3, -0.25) is 0 Å². The predicted molar refractivity (Wildman–Crippen MR) is 94.5 cm³/mol. The van der Waals surface area contributed by atoms with Gasteiger partial charge in [0.2, 0.25) is 0 Å². The van der Waals surface area contributed by atoms with E-state index in [9.17, 15) is 9.59 Å². The van der Waals surface area contributed by atoms with Gasteiger partial charge in [-0.1, -0.05) is 19.2 Å². The summed E-state index contributed by atoms with van der Waals surface area (Å²) in [4.78, 5) is 23.7. The first-order valence-corrected chi connectivity index (χ1v) is 8.41. The lowest BCUT2D eigenvalue weighted by molar-refractivity contribution is -0.146. The normalized spacial score (nSPS) is 19.6. The summed E-state index contributed by atoms with van der Waals surface area (Å²) >= 11 is 0. The Hall–Kier alpha value is -2.56. The summed E-state index contributed by atoms with van der Waals surface area (Å²) in [5.74, 6) is -0.0341. The van der Waals surface area contributed by atoms with E-state index in [1.807, 2.05) is 0 Å². The van der Waals surface area contributed by atoms with E-state index in [1.54, 1.807) is 37.3 Å². The fourth-order valence-electron chi connectivity index (χ4n) is 2.58. The van der Waals surface area contributed by atoms with Crippen molar-refractivity contribution in [3.05, 3.63) is 54.6 Å². The summed E-state index contributed by atoms with van der Waals surface area (Å²) in [6.45, 7) is 9.21. The monoisotopic (exact) mass is 344 g/mol. The SMILES string of the molecule is C=CCOc1ccc(C(=O)OC2CCC(OC(=O)C(=C)C)CC2)cc1. The van der Waals surface area contributed by atoms with Crippen molar-refractivity contribution in [1.29, 1.82) is 0 Å². The number of carbonyl (C=O) groups is 2. The molecule has 0 radical (unpaired) electrons. The Bertz CT molecular complexity index is 624. The molecule has 0 unspecified atom stereocenters. The van der Waals surface area contributed by atoms with Gasteiger partial charge in [0.1, 0.15) is 24.6 Å². The van der Waals surface area contributed by atoms with Crippen molar-refractivity contribution in [2.45, 2.75) is 44.8 Å². The number of esters is 2. The van der Waals surface area contributed by atoms with E-state index in [0.29, 0.717) is 49.2 Å². The van der Waals surface area contributed by atoms with Crippen LogP contribution in [-0.4, -0.2) is 30.8 Å². The van der Waals surface area contributed by atoms with Crippen molar-refractivity contribution in [3.63, 3.8) is 0 Å². The standard InChI is InChI=1S/C20H24O5/c1-4-13-23-16-7-5-15(6-8-16)20(22)25-18-11-9-17(10-12-18)24-19(21)14(2)3/h4-8,17-18H,1-2,9-13H2,3H3. The Morgan fingerprint density at radius 3 is 2.16 bits per heavy atom. The van der Waals surface area contributed by atoms with Gasteiger partial charge < -0.3 is 14.2 Å². The van der Waals surface area contributed by atoms with Crippen LogP contribution in [0.15, 0.2) is 49.1 Å². The molecule has 1 fully saturated rings. The Morgan fingerprint density at radius 1 is 1.08 bits per heavy atom. The van der Waals surface area contributed by atoms with Gasteiger partial charge in [-0.05, 0) is 56.9 Å². The van der Waals surface area contributed by atoms with E-state index in [1.165, 1.54) is 0 Å². The van der Waals surface area contributed by atoms with Crippen molar-refractivity contribution >= 4 is 11.9 Å². The molecule has 0 aromatic heterocycles. The zero-order valence-electron chi connectivity index (χ0n) is 14.5. The van der Waals surface area contributed by atoms with Crippen molar-refractivity contribution in [2.75, 3.05) is 6.61 Å². The van der Waals surface area contributed by atoms with Crippen LogP contribution in [0.1, 0.15) is 43.0 Å². The number of rotatable bonds is 7. The first kappa shape index (κ1) is 18.8. The highest BCUT2D eigenvalue weighted by Gasteiger charge is 2.26. The molecule has 1 aromatic rings. The lowest BCUT2D eigenvalue weighted by Gasteiger charge is -2.28. The first-order chi connectivity index (χ1) is 12.0. The molecule has 25 heavy (non-hydrogen) atoms. The Morgan fingerprint density at radius 2 is 1.64 bits per heavy atom. The molecule has 0 bridgehead atoms. The highest BCUT2D eigenvalue weighted by molar-refractivity contribution is 5.89. The van der Waals surface area contributed by atoms with Gasteiger partial charge in [0.05, 0.1) is 5.56 Å². The molecule has 1 aliphatic rings. The Kier molecular flexibility index (Phi) is 6.81. The van der Waals surface area contributed by atoms with Crippen LogP contribution < -0.4 is 4.74 Å². The molecule has 0 aliphatic heterocycles. The number of hydrogen-bond acceptors (Lipinski definition) is 5. The molecular formula is C20H24O5. The fraction of sp³-hybridized carbons (Fsp3) is 0.400. The van der Waals surface area contributed by atoms with Crippen LogP contribution in [-0.2, 0) is 14.3 Å². The molecule has 134 valence electrons. The summed E-state index contributed by atoms with van der Waals surface area (Å²) in [6, 6.07) is 6.82. The van der Waals surface area contributed by atoms with E-state index in [2.05, 4.69) is 13.2 Å². The highest BCUT2D eigenvalue weighted by atomic mass is 16.6. The quantitative estimate of drug-likeness (QED) is 0.427. The maximum atomic E-state index is 12.2. The summed E-state index contributed by atoms with van der Waals surface area (Å²) < 4.78 is 16.3. The third-order valence-corrected chi connectivity index (χ3v) is 3.97. The van der Waals surface area contributed by atoms with E-state index in [0.717, 1.165) is 0 Å². The molecular weight excluding hydrogens is 320 g/mol. The van der Waals surface area contributed by atoms with Gasteiger partial charge in [0, 0.05) is 5.57 Å². The number of benzene rings is 1. The average molecular weight is 344 g/mol. The molecule has 0 heterocycles. The predicted octanol–water partition coefficient (Wildman–Crippen LogP) is 3.84. The number of hydrogen-bond donors (Lipinski definition) is 0. The fourth-order valence-corrected chi connectivity index (χ4v) is 2.58. The summed E-state index contributed by atoms with van der Waals surface area (Å²) in [5.41, 5.74) is 0.885. The smallest absolute Gasteiger partial charge is 0.338 e. The molecule has 5 nitrogen and oxygen atoms in total. The topological polar surface area (TPSA) is 61.8 Å². The van der Waals surface area contributed by atoms with E-state index < -0.39 is 0 Å². The van der Waals surface area contributed by atoms with Crippen LogP contribution in [0, 0.1) is 0 Å². The van der Waals surface area contributed by atoms with Crippen molar-refractivity contribution in [1.82, 2.24) is 0 Å². The zero-order valence-corrected chi connectivity index (χ0v) is 14.5. The molecule has 1 aliphatic carbocycles. The van der Waals surface area contributed by atoms with Gasteiger partial charge in [0.15, 0.2) is 0 Å². The Balaban J connectivity index is 1.79. The van der Waals surface area contributed by atoms with Gasteiger partial charge >= 0.3 is 11.9 Å². The van der Waals surface area contributed by atoms with Crippen LogP contribution in [0.5, 0.6) is 5.75 Å². The zero-order chi connectivity index (χ0) is 18.2. The van der Waals surface area contributed by atoms with Gasteiger partial charge in [-0.15, -0.1) is 0 Å². The van der Waals surface area contributed by atoms with Gasteiger partial charge in [-0.2, -0.15) is 0 Å². The third kappa shape index (κ3) is 5.78. The average Bonchev–Trinajstić information content (AvgIpc) is 2.61. The van der Waals surface area contributed by atoms with Crippen LogP contribution >= 0.6 is 0 Å². The molecule has 5 heteroatoms. The van der Waals surface area contributed by atoms with Crippen LogP contribution in [0.2, 0.25) is 0 Å². The number of ether oxygens (including phenoxy) is 3. The Labute approximate surface area is 148 Å². The lowest BCUT2D eigenvalue weighted by atomic mass is 9.95. The van der Waals surface area contributed by atoms with E-state index in [4.69, 9.17) is 14.2 Å². The maximum absolute atomic E-state index is 12.2. The molecule has 2 rings (SSSR count). The molecule has 0 spiro atoms. The molecule has 0 atom stereocenters. The lowest BCUT2D eigenvalue weighted by Crippen LogP contribution is -2.29. The molecule has 1 saturated carbocycles. The van der Waals surface area contributed by atoms with Gasteiger partial charge in [0.25, 0.3) is 0 Å². The van der Waals surface area contributed by atoms with Crippen molar-refractivity contribution < 1.29 is 23.8 Å². The second-order valence-electron chi connectivity index (χ2n) is 6.11. The molecule has 0 saturated heterocycles.